The summed E-state index contributed by atoms with van der Waals surface area (Å²) in [6.45, 7) is 2.20. The molecule has 0 spiro atoms. The molecule has 36 heavy (non-hydrogen) atoms. The third kappa shape index (κ3) is 4.53. The first-order valence-electron chi connectivity index (χ1n) is 10.6. The van der Waals surface area contributed by atoms with Crippen molar-refractivity contribution < 1.29 is 27.8 Å². The summed E-state index contributed by atoms with van der Waals surface area (Å²) in [5.41, 5.74) is -0.217. The van der Waals surface area contributed by atoms with E-state index in [1.54, 1.807) is 19.1 Å². The molecule has 1 heterocycles. The molecule has 1 aliphatic rings. The van der Waals surface area contributed by atoms with Crippen molar-refractivity contribution in [3.05, 3.63) is 109 Å². The highest BCUT2D eigenvalue weighted by Gasteiger charge is 2.50. The van der Waals surface area contributed by atoms with E-state index in [0.717, 1.165) is 23.1 Å². The Labute approximate surface area is 205 Å². The molecule has 0 radical (unpaired) electrons. The number of carbonyl (C=O) groups excluding carboxylic acids is 1. The highest BCUT2D eigenvalue weighted by atomic mass is 32.2. The highest BCUT2D eigenvalue weighted by molar-refractivity contribution is 7.97. The summed E-state index contributed by atoms with van der Waals surface area (Å²) in [5.74, 6) is -0.364. The Bertz CT molecular complexity index is 1500. The second kappa shape index (κ2) is 9.58. The molecule has 3 aromatic carbocycles. The molecule has 0 saturated carbocycles. The number of carbonyl (C=O) groups is 1. The topological polar surface area (TPSA) is 150 Å². The van der Waals surface area contributed by atoms with Crippen LogP contribution >= 0.6 is 0 Å². The van der Waals surface area contributed by atoms with E-state index >= 15 is 0 Å². The summed E-state index contributed by atoms with van der Waals surface area (Å²) >= 11 is 0. The van der Waals surface area contributed by atoms with Gasteiger partial charge in [-0.2, -0.15) is 0 Å². The number of sulfone groups is 1. The molecule has 1 atom stereocenters. The number of anilines is 1. The van der Waals surface area contributed by atoms with Crippen LogP contribution in [0.5, 0.6) is 5.75 Å². The highest BCUT2D eigenvalue weighted by Crippen LogP contribution is 2.44. The first kappa shape index (κ1) is 24.5. The minimum Gasteiger partial charge on any atom is -0.494 e. The predicted molar refractivity (Wildman–Crippen MR) is 131 cm³/mol. The molecule has 0 aromatic heterocycles. The molecule has 12 heteroatoms. The zero-order chi connectivity index (χ0) is 26.0. The van der Waals surface area contributed by atoms with E-state index in [2.05, 4.69) is 0 Å². The maximum Gasteiger partial charge on any atom is 0.271 e. The van der Waals surface area contributed by atoms with Gasteiger partial charge in [-0.15, -0.1) is 0 Å². The van der Waals surface area contributed by atoms with E-state index in [1.165, 1.54) is 48.5 Å². The lowest BCUT2D eigenvalue weighted by atomic mass is 10.1. The third-order valence-electron chi connectivity index (χ3n) is 5.44. The molecule has 1 aliphatic heterocycles. The number of hydrogen-bond acceptors (Lipinski definition) is 8. The molecule has 1 fully saturated rings. The number of hydrogen-bond donors (Lipinski definition) is 0. The molecule has 3 aromatic rings. The number of benzene rings is 3. The number of nitrogens with zero attached hydrogens (tertiary/aromatic N) is 3. The first-order valence-corrected chi connectivity index (χ1v) is 12.2. The monoisotopic (exact) mass is 509 g/mol. The molecule has 0 N–H and O–H groups in total. The van der Waals surface area contributed by atoms with Crippen LogP contribution in [0.15, 0.2) is 77.7 Å². The van der Waals surface area contributed by atoms with Crippen LogP contribution < -0.4 is 9.64 Å². The Balaban J connectivity index is 1.90. The van der Waals surface area contributed by atoms with Crippen LogP contribution in [0, 0.1) is 20.2 Å². The fourth-order valence-electron chi connectivity index (χ4n) is 3.87. The fourth-order valence-corrected chi connectivity index (χ4v) is 5.75. The molecule has 4 rings (SSSR count). The fraction of sp³-hybridized carbons (Fsp3) is 0.125. The summed E-state index contributed by atoms with van der Waals surface area (Å²) in [6, 6.07) is 16.4. The van der Waals surface area contributed by atoms with Crippen molar-refractivity contribution >= 4 is 38.9 Å². The van der Waals surface area contributed by atoms with Gasteiger partial charge in [-0.1, -0.05) is 24.3 Å². The van der Waals surface area contributed by atoms with Gasteiger partial charge in [0, 0.05) is 30.0 Å². The lowest BCUT2D eigenvalue weighted by molar-refractivity contribution is -0.385. The summed E-state index contributed by atoms with van der Waals surface area (Å²) in [5, 5.41) is 20.9. The van der Waals surface area contributed by atoms with Crippen LogP contribution in [0.3, 0.4) is 0 Å². The minimum atomic E-state index is -4.41. The average Bonchev–Trinajstić information content (AvgIpc) is 3.05. The van der Waals surface area contributed by atoms with E-state index in [4.69, 9.17) is 4.74 Å². The van der Waals surface area contributed by atoms with Gasteiger partial charge in [0.05, 0.1) is 16.5 Å². The number of rotatable bonds is 7. The van der Waals surface area contributed by atoms with Gasteiger partial charge in [0.25, 0.3) is 17.3 Å². The van der Waals surface area contributed by atoms with Crippen LogP contribution in [0.4, 0.5) is 17.1 Å². The molecule has 0 bridgehead atoms. The number of non-ortho nitro benzene ring substituents is 2. The van der Waals surface area contributed by atoms with Crippen LogP contribution in [-0.2, 0) is 14.6 Å². The Kier molecular flexibility index (Phi) is 6.53. The lowest BCUT2D eigenvalue weighted by Gasteiger charge is -2.23. The summed E-state index contributed by atoms with van der Waals surface area (Å²) in [7, 11) is -4.41. The van der Waals surface area contributed by atoms with Gasteiger partial charge in [0.1, 0.15) is 10.7 Å². The maximum atomic E-state index is 13.7. The molecule has 11 nitrogen and oxygen atoms in total. The zero-order valence-electron chi connectivity index (χ0n) is 18.8. The molecular formula is C24H19N3O8S. The Hall–Kier alpha value is -4.58. The summed E-state index contributed by atoms with van der Waals surface area (Å²) < 4.78 is 32.8. The first-order chi connectivity index (χ1) is 17.1. The van der Waals surface area contributed by atoms with E-state index < -0.39 is 35.9 Å². The summed E-state index contributed by atoms with van der Waals surface area (Å²) in [4.78, 5) is 35.2. The van der Waals surface area contributed by atoms with Crippen molar-refractivity contribution in [2.75, 3.05) is 11.5 Å². The number of ether oxygens (including phenoxy) is 1. The van der Waals surface area contributed by atoms with Gasteiger partial charge in [0.2, 0.25) is 9.84 Å². The molecular weight excluding hydrogens is 490 g/mol. The predicted octanol–water partition coefficient (Wildman–Crippen LogP) is 4.40. The van der Waals surface area contributed by atoms with Crippen LogP contribution in [0.25, 0.3) is 6.08 Å². The van der Waals surface area contributed by atoms with Crippen LogP contribution in [0.2, 0.25) is 0 Å². The Morgan fingerprint density at radius 3 is 2.17 bits per heavy atom. The van der Waals surface area contributed by atoms with Crippen molar-refractivity contribution in [2.45, 2.75) is 12.3 Å². The average molecular weight is 509 g/mol. The van der Waals surface area contributed by atoms with Gasteiger partial charge in [-0.05, 0) is 48.4 Å². The van der Waals surface area contributed by atoms with Gasteiger partial charge >= 0.3 is 0 Å². The van der Waals surface area contributed by atoms with E-state index in [9.17, 15) is 33.4 Å². The van der Waals surface area contributed by atoms with E-state index in [-0.39, 0.29) is 28.2 Å². The molecule has 184 valence electrons. The third-order valence-corrected chi connectivity index (χ3v) is 7.41. The van der Waals surface area contributed by atoms with Crippen molar-refractivity contribution in [2.24, 2.45) is 0 Å². The molecule has 1 saturated heterocycles. The van der Waals surface area contributed by atoms with Gasteiger partial charge in [-0.25, -0.2) is 8.42 Å². The second-order valence-electron chi connectivity index (χ2n) is 7.71. The van der Waals surface area contributed by atoms with Crippen LogP contribution in [0.1, 0.15) is 23.4 Å². The van der Waals surface area contributed by atoms with Crippen molar-refractivity contribution in [1.82, 2.24) is 0 Å². The van der Waals surface area contributed by atoms with Crippen molar-refractivity contribution in [3.63, 3.8) is 0 Å². The standard InChI is InChI=1S/C24H19N3O8S/c1-2-35-21-11-9-18(10-12-21)25-23(28)22(14-16-5-3-7-19(13-16)26(29)30)36(33,34)24(25)17-6-4-8-20(15-17)27(31)32/h3-15,24H,2H2,1H3. The maximum absolute atomic E-state index is 13.7. The van der Waals surface area contributed by atoms with Gasteiger partial charge in [0.15, 0.2) is 5.37 Å². The Morgan fingerprint density at radius 2 is 1.56 bits per heavy atom. The lowest BCUT2D eigenvalue weighted by Crippen LogP contribution is -2.29. The smallest absolute Gasteiger partial charge is 0.271 e. The Morgan fingerprint density at radius 1 is 0.944 bits per heavy atom. The SMILES string of the molecule is CCOc1ccc(N2C(=O)C(=Cc3cccc([N+](=O)[O-])c3)S(=O)(=O)C2c2cccc([N+](=O)[O-])c2)cc1. The normalized spacial score (nSPS) is 17.8. The van der Waals surface area contributed by atoms with Gasteiger partial charge < -0.3 is 4.74 Å². The number of nitro benzene ring substituents is 2. The quantitative estimate of drug-likeness (QED) is 0.258. The number of nitro groups is 2. The number of amides is 1. The molecule has 0 aliphatic carbocycles. The second-order valence-corrected chi connectivity index (χ2v) is 9.69. The van der Waals surface area contributed by atoms with Crippen molar-refractivity contribution in [1.29, 1.82) is 0 Å². The zero-order valence-corrected chi connectivity index (χ0v) is 19.6. The largest absolute Gasteiger partial charge is 0.494 e. The molecule has 1 amide bonds. The van der Waals surface area contributed by atoms with Crippen molar-refractivity contribution in [3.8, 4) is 5.75 Å². The summed E-state index contributed by atoms with van der Waals surface area (Å²) in [6.07, 6.45) is 1.07. The van der Waals surface area contributed by atoms with E-state index in [0.29, 0.717) is 12.4 Å². The van der Waals surface area contributed by atoms with Gasteiger partial charge in [-0.3, -0.25) is 29.9 Å². The van der Waals surface area contributed by atoms with E-state index in [1.807, 2.05) is 0 Å². The molecule has 1 unspecified atom stereocenters. The minimum absolute atomic E-state index is 0.0221. The van der Waals surface area contributed by atoms with Crippen LogP contribution in [-0.4, -0.2) is 30.8 Å².